The highest BCUT2D eigenvalue weighted by molar-refractivity contribution is 5.76. The molecule has 1 N–H and O–H groups in total. The molecule has 118 valence electrons. The molecule has 2 aromatic heterocycles. The predicted octanol–water partition coefficient (Wildman–Crippen LogP) is 3.90. The molecule has 23 heavy (non-hydrogen) atoms. The van der Waals surface area contributed by atoms with E-state index in [0.29, 0.717) is 6.10 Å². The molecule has 4 nitrogen and oxygen atoms in total. The van der Waals surface area contributed by atoms with Crippen LogP contribution in [0.15, 0.2) is 48.7 Å². The van der Waals surface area contributed by atoms with Crippen molar-refractivity contribution >= 4 is 11.5 Å². The Labute approximate surface area is 136 Å². The number of pyridine rings is 1. The van der Waals surface area contributed by atoms with E-state index in [4.69, 9.17) is 9.72 Å². The Morgan fingerprint density at radius 3 is 2.87 bits per heavy atom. The summed E-state index contributed by atoms with van der Waals surface area (Å²) in [5, 5.41) is 3.58. The van der Waals surface area contributed by atoms with Crippen molar-refractivity contribution in [2.75, 3.05) is 18.5 Å². The van der Waals surface area contributed by atoms with Gasteiger partial charge in [0.15, 0.2) is 0 Å². The number of nitrogens with zero attached hydrogens (tertiary/aromatic N) is 2. The number of imidazole rings is 1. The van der Waals surface area contributed by atoms with Crippen molar-refractivity contribution in [2.24, 2.45) is 0 Å². The largest absolute Gasteiger partial charge is 0.376 e. The smallest absolute Gasteiger partial charge is 0.139 e. The fourth-order valence-corrected chi connectivity index (χ4v) is 3.13. The highest BCUT2D eigenvalue weighted by atomic mass is 16.5. The molecule has 1 aliphatic rings. The van der Waals surface area contributed by atoms with Crippen LogP contribution in [0.5, 0.6) is 0 Å². The molecule has 0 bridgehead atoms. The molecule has 0 saturated carbocycles. The van der Waals surface area contributed by atoms with Crippen LogP contribution < -0.4 is 5.32 Å². The molecule has 1 saturated heterocycles. The van der Waals surface area contributed by atoms with Gasteiger partial charge < -0.3 is 10.1 Å². The Bertz CT molecular complexity index is 804. The summed E-state index contributed by atoms with van der Waals surface area (Å²) >= 11 is 0. The zero-order valence-electron chi connectivity index (χ0n) is 13.3. The minimum absolute atomic E-state index is 0.300. The van der Waals surface area contributed by atoms with Crippen LogP contribution in [-0.2, 0) is 4.74 Å². The second-order valence-corrected chi connectivity index (χ2v) is 6.13. The van der Waals surface area contributed by atoms with Crippen LogP contribution in [0.4, 0.5) is 5.82 Å². The van der Waals surface area contributed by atoms with Gasteiger partial charge >= 0.3 is 0 Å². The molecule has 1 atom stereocenters. The average Bonchev–Trinajstić information content (AvgIpc) is 3.21. The lowest BCUT2D eigenvalue weighted by molar-refractivity contribution is 0.120. The summed E-state index contributed by atoms with van der Waals surface area (Å²) in [4.78, 5) is 4.83. The summed E-state index contributed by atoms with van der Waals surface area (Å²) < 4.78 is 7.89. The first-order chi connectivity index (χ1) is 11.3. The summed E-state index contributed by atoms with van der Waals surface area (Å²) in [7, 11) is 0. The lowest BCUT2D eigenvalue weighted by Crippen LogP contribution is -2.19. The number of rotatable bonds is 4. The van der Waals surface area contributed by atoms with Crippen molar-refractivity contribution < 1.29 is 4.74 Å². The van der Waals surface area contributed by atoms with Gasteiger partial charge in [-0.15, -0.1) is 0 Å². The van der Waals surface area contributed by atoms with Crippen LogP contribution in [-0.4, -0.2) is 28.6 Å². The van der Waals surface area contributed by atoms with E-state index >= 15 is 0 Å². The number of ether oxygens (including phenoxy) is 1. The molecule has 4 heteroatoms. The molecule has 1 aromatic carbocycles. The second-order valence-electron chi connectivity index (χ2n) is 6.13. The molecule has 0 spiro atoms. The number of anilines is 1. The summed E-state index contributed by atoms with van der Waals surface area (Å²) in [6.07, 6.45) is 4.72. The lowest BCUT2D eigenvalue weighted by Gasteiger charge is -2.13. The summed E-state index contributed by atoms with van der Waals surface area (Å²) in [6, 6.07) is 14.5. The zero-order chi connectivity index (χ0) is 15.6. The molecule has 0 radical (unpaired) electrons. The van der Waals surface area contributed by atoms with Gasteiger partial charge in [-0.2, -0.15) is 0 Å². The zero-order valence-corrected chi connectivity index (χ0v) is 13.3. The van der Waals surface area contributed by atoms with Crippen LogP contribution in [0.1, 0.15) is 18.4 Å². The van der Waals surface area contributed by atoms with Crippen molar-refractivity contribution in [3.8, 4) is 11.3 Å². The third-order valence-corrected chi connectivity index (χ3v) is 4.33. The molecule has 3 heterocycles. The van der Waals surface area contributed by atoms with Gasteiger partial charge in [-0.05, 0) is 31.4 Å². The third-order valence-electron chi connectivity index (χ3n) is 4.33. The minimum atomic E-state index is 0.300. The monoisotopic (exact) mass is 307 g/mol. The van der Waals surface area contributed by atoms with Crippen LogP contribution >= 0.6 is 0 Å². The van der Waals surface area contributed by atoms with Gasteiger partial charge in [0, 0.05) is 24.9 Å². The SMILES string of the molecule is Cc1ccc2nc(-c3ccccc3)c(NCC3CCCO3)n2c1. The lowest BCUT2D eigenvalue weighted by atomic mass is 10.1. The minimum Gasteiger partial charge on any atom is -0.376 e. The summed E-state index contributed by atoms with van der Waals surface area (Å²) in [5.41, 5.74) is 4.30. The van der Waals surface area contributed by atoms with Crippen LogP contribution in [0.2, 0.25) is 0 Å². The molecule has 1 unspecified atom stereocenters. The maximum atomic E-state index is 5.74. The molecular formula is C19H21N3O. The fourth-order valence-electron chi connectivity index (χ4n) is 3.13. The van der Waals surface area contributed by atoms with Gasteiger partial charge in [-0.3, -0.25) is 4.40 Å². The van der Waals surface area contributed by atoms with Crippen LogP contribution in [0, 0.1) is 6.92 Å². The number of fused-ring (bicyclic) bond motifs is 1. The van der Waals surface area contributed by atoms with E-state index < -0.39 is 0 Å². The van der Waals surface area contributed by atoms with Gasteiger partial charge in [-0.1, -0.05) is 36.4 Å². The molecule has 3 aromatic rings. The van der Waals surface area contributed by atoms with Gasteiger partial charge in [0.1, 0.15) is 17.2 Å². The molecular weight excluding hydrogens is 286 g/mol. The molecule has 0 amide bonds. The first kappa shape index (κ1) is 14.3. The number of benzene rings is 1. The van der Waals surface area contributed by atoms with E-state index in [0.717, 1.165) is 48.7 Å². The predicted molar refractivity (Wildman–Crippen MR) is 92.8 cm³/mol. The standard InChI is InChI=1S/C19H21N3O/c1-14-9-10-17-21-18(15-6-3-2-4-7-15)19(22(17)13-14)20-12-16-8-5-11-23-16/h2-4,6-7,9-10,13,16,20H,5,8,11-12H2,1H3. The van der Waals surface area contributed by atoms with E-state index in [1.54, 1.807) is 0 Å². The first-order valence-corrected chi connectivity index (χ1v) is 8.21. The van der Waals surface area contributed by atoms with Crippen molar-refractivity contribution in [1.29, 1.82) is 0 Å². The number of hydrogen-bond donors (Lipinski definition) is 1. The molecule has 1 fully saturated rings. The molecule has 4 rings (SSSR count). The number of hydrogen-bond acceptors (Lipinski definition) is 3. The van der Waals surface area contributed by atoms with E-state index in [1.165, 1.54) is 5.56 Å². The number of nitrogens with one attached hydrogen (secondary N) is 1. The van der Waals surface area contributed by atoms with E-state index in [1.807, 2.05) is 6.07 Å². The second kappa shape index (κ2) is 6.05. The Hall–Kier alpha value is -2.33. The van der Waals surface area contributed by atoms with Crippen LogP contribution in [0.3, 0.4) is 0 Å². The van der Waals surface area contributed by atoms with E-state index in [9.17, 15) is 0 Å². The van der Waals surface area contributed by atoms with E-state index in [2.05, 4.69) is 59.2 Å². The Balaban J connectivity index is 1.76. The average molecular weight is 307 g/mol. The van der Waals surface area contributed by atoms with Gasteiger partial charge in [0.05, 0.1) is 6.10 Å². The highest BCUT2D eigenvalue weighted by Crippen LogP contribution is 2.29. The summed E-state index contributed by atoms with van der Waals surface area (Å²) in [6.45, 7) is 3.80. The van der Waals surface area contributed by atoms with Gasteiger partial charge in [-0.25, -0.2) is 4.98 Å². The number of aromatic nitrogens is 2. The maximum absolute atomic E-state index is 5.74. The van der Waals surface area contributed by atoms with Crippen molar-refractivity contribution in [3.63, 3.8) is 0 Å². The topological polar surface area (TPSA) is 38.6 Å². The van der Waals surface area contributed by atoms with Crippen molar-refractivity contribution in [1.82, 2.24) is 9.38 Å². The Kier molecular flexibility index (Phi) is 3.75. The van der Waals surface area contributed by atoms with Gasteiger partial charge in [0.25, 0.3) is 0 Å². The third kappa shape index (κ3) is 2.82. The quantitative estimate of drug-likeness (QED) is 0.794. The molecule has 0 aliphatic carbocycles. The number of aryl methyl sites for hydroxylation is 1. The normalized spacial score (nSPS) is 17.7. The van der Waals surface area contributed by atoms with Gasteiger partial charge in [0.2, 0.25) is 0 Å². The molecule has 1 aliphatic heterocycles. The first-order valence-electron chi connectivity index (χ1n) is 8.21. The fraction of sp³-hybridized carbons (Fsp3) is 0.316. The Morgan fingerprint density at radius 2 is 2.09 bits per heavy atom. The van der Waals surface area contributed by atoms with Crippen molar-refractivity contribution in [3.05, 3.63) is 54.2 Å². The maximum Gasteiger partial charge on any atom is 0.139 e. The van der Waals surface area contributed by atoms with Crippen LogP contribution in [0.25, 0.3) is 16.9 Å². The van der Waals surface area contributed by atoms with Crippen molar-refractivity contribution in [2.45, 2.75) is 25.9 Å². The highest BCUT2D eigenvalue weighted by Gasteiger charge is 2.18. The Morgan fingerprint density at radius 1 is 1.22 bits per heavy atom. The van der Waals surface area contributed by atoms with E-state index in [-0.39, 0.29) is 0 Å². The summed E-state index contributed by atoms with van der Waals surface area (Å²) in [5.74, 6) is 1.05.